The first-order valence-corrected chi connectivity index (χ1v) is 9.36. The van der Waals surface area contributed by atoms with E-state index in [4.69, 9.17) is 4.74 Å². The number of pyridine rings is 1. The third-order valence-corrected chi connectivity index (χ3v) is 4.20. The average Bonchev–Trinajstić information content (AvgIpc) is 2.64. The SMILES string of the molecule is CN=C(NCCN(C)C(=O)OC(C)(C)C)N1CCN(c2ccccn2)CC1.I. The number of nitrogens with one attached hydrogen (secondary N) is 1. The Bertz CT molecular complexity index is 627. The molecule has 1 aliphatic rings. The largest absolute Gasteiger partial charge is 0.444 e. The molecule has 1 aromatic rings. The Morgan fingerprint density at radius 3 is 2.50 bits per heavy atom. The van der Waals surface area contributed by atoms with Crippen molar-refractivity contribution in [2.45, 2.75) is 26.4 Å². The minimum atomic E-state index is -0.484. The second-order valence-corrected chi connectivity index (χ2v) is 7.54. The molecular formula is C19H33IN6O2. The molecule has 1 amide bonds. The number of guanidine groups is 1. The average molecular weight is 504 g/mol. The van der Waals surface area contributed by atoms with Crippen molar-refractivity contribution < 1.29 is 9.53 Å². The highest BCUT2D eigenvalue weighted by molar-refractivity contribution is 14.0. The first kappa shape index (κ1) is 24.3. The number of carbonyl (C=O) groups is 1. The van der Waals surface area contributed by atoms with E-state index in [9.17, 15) is 4.79 Å². The van der Waals surface area contributed by atoms with Gasteiger partial charge in [-0.25, -0.2) is 9.78 Å². The summed E-state index contributed by atoms with van der Waals surface area (Å²) in [7, 11) is 3.52. The molecule has 9 heteroatoms. The molecular weight excluding hydrogens is 471 g/mol. The van der Waals surface area contributed by atoms with E-state index < -0.39 is 5.60 Å². The molecule has 1 aliphatic heterocycles. The standard InChI is InChI=1S/C19H32N6O2.HI/c1-19(2,3)27-18(26)23(5)11-10-22-17(20-4)25-14-12-24(13-15-25)16-8-6-7-9-21-16;/h6-9H,10-15H2,1-5H3,(H,20,22);1H. The first-order chi connectivity index (χ1) is 12.8. The normalized spacial score (nSPS) is 15.0. The number of carbonyl (C=O) groups excluding carboxylic acids is 1. The van der Waals surface area contributed by atoms with Gasteiger partial charge in [-0.2, -0.15) is 0 Å². The maximum Gasteiger partial charge on any atom is 0.410 e. The fourth-order valence-corrected chi connectivity index (χ4v) is 2.79. The smallest absolute Gasteiger partial charge is 0.410 e. The lowest BCUT2D eigenvalue weighted by atomic mass is 10.2. The Morgan fingerprint density at radius 1 is 1.29 bits per heavy atom. The van der Waals surface area contributed by atoms with Gasteiger partial charge in [-0.1, -0.05) is 6.07 Å². The number of piperazine rings is 1. The molecule has 0 bridgehead atoms. The van der Waals surface area contributed by atoms with Crippen LogP contribution in [0.1, 0.15) is 20.8 Å². The van der Waals surface area contributed by atoms with Crippen LogP contribution in [0.3, 0.4) is 0 Å². The number of anilines is 1. The number of nitrogens with zero attached hydrogens (tertiary/aromatic N) is 5. The molecule has 0 spiro atoms. The van der Waals surface area contributed by atoms with Gasteiger partial charge < -0.3 is 24.8 Å². The predicted octanol–water partition coefficient (Wildman–Crippen LogP) is 2.26. The molecule has 0 unspecified atom stereocenters. The minimum Gasteiger partial charge on any atom is -0.444 e. The van der Waals surface area contributed by atoms with Crippen LogP contribution in [0.5, 0.6) is 0 Å². The lowest BCUT2D eigenvalue weighted by Gasteiger charge is -2.37. The van der Waals surface area contributed by atoms with Crippen molar-refractivity contribution >= 4 is 41.8 Å². The first-order valence-electron chi connectivity index (χ1n) is 9.36. The highest BCUT2D eigenvalue weighted by Gasteiger charge is 2.21. The summed E-state index contributed by atoms with van der Waals surface area (Å²) in [5, 5.41) is 3.33. The predicted molar refractivity (Wildman–Crippen MR) is 124 cm³/mol. The minimum absolute atomic E-state index is 0. The molecule has 2 heterocycles. The zero-order valence-corrected chi connectivity index (χ0v) is 19.8. The number of ether oxygens (including phenoxy) is 1. The third kappa shape index (κ3) is 7.69. The van der Waals surface area contributed by atoms with E-state index in [0.29, 0.717) is 13.1 Å². The number of halogens is 1. The highest BCUT2D eigenvalue weighted by Crippen LogP contribution is 2.12. The summed E-state index contributed by atoms with van der Waals surface area (Å²) in [6.07, 6.45) is 1.51. The van der Waals surface area contributed by atoms with Gasteiger partial charge in [-0.05, 0) is 32.9 Å². The van der Waals surface area contributed by atoms with E-state index in [1.54, 1.807) is 19.0 Å². The van der Waals surface area contributed by atoms with Crippen LogP contribution in [0.25, 0.3) is 0 Å². The molecule has 8 nitrogen and oxygen atoms in total. The van der Waals surface area contributed by atoms with Gasteiger partial charge in [0.15, 0.2) is 5.96 Å². The summed E-state index contributed by atoms with van der Waals surface area (Å²) in [5.41, 5.74) is -0.484. The Kier molecular flexibility index (Phi) is 9.77. The van der Waals surface area contributed by atoms with E-state index in [2.05, 4.69) is 25.1 Å². The Morgan fingerprint density at radius 2 is 1.96 bits per heavy atom. The van der Waals surface area contributed by atoms with Crippen molar-refractivity contribution in [2.24, 2.45) is 4.99 Å². The van der Waals surface area contributed by atoms with Gasteiger partial charge in [0.25, 0.3) is 0 Å². The summed E-state index contributed by atoms with van der Waals surface area (Å²) in [4.78, 5) is 26.9. The van der Waals surface area contributed by atoms with Gasteiger partial charge in [0, 0.05) is 59.6 Å². The number of rotatable bonds is 4. The maximum atomic E-state index is 12.0. The van der Waals surface area contributed by atoms with E-state index >= 15 is 0 Å². The van der Waals surface area contributed by atoms with Crippen LogP contribution >= 0.6 is 24.0 Å². The summed E-state index contributed by atoms with van der Waals surface area (Å²) in [5.74, 6) is 1.87. The highest BCUT2D eigenvalue weighted by atomic mass is 127. The molecule has 0 saturated carbocycles. The van der Waals surface area contributed by atoms with Crippen molar-refractivity contribution in [3.05, 3.63) is 24.4 Å². The zero-order chi connectivity index (χ0) is 19.9. The Hall–Kier alpha value is -1.78. The lowest BCUT2D eigenvalue weighted by Crippen LogP contribution is -2.53. The summed E-state index contributed by atoms with van der Waals surface area (Å²) >= 11 is 0. The molecule has 158 valence electrons. The second-order valence-electron chi connectivity index (χ2n) is 7.54. The second kappa shape index (κ2) is 11.3. The molecule has 1 fully saturated rings. The number of hydrogen-bond acceptors (Lipinski definition) is 5. The molecule has 1 aromatic heterocycles. The Balaban J connectivity index is 0.00000392. The number of likely N-dealkylation sites (N-methyl/N-ethyl adjacent to an activating group) is 1. The zero-order valence-electron chi connectivity index (χ0n) is 17.5. The van der Waals surface area contributed by atoms with E-state index in [-0.39, 0.29) is 30.1 Å². The van der Waals surface area contributed by atoms with Crippen molar-refractivity contribution in [3.8, 4) is 0 Å². The van der Waals surface area contributed by atoms with Crippen molar-refractivity contribution in [3.63, 3.8) is 0 Å². The van der Waals surface area contributed by atoms with Gasteiger partial charge in [0.05, 0.1) is 0 Å². The van der Waals surface area contributed by atoms with Gasteiger partial charge in [0.2, 0.25) is 0 Å². The molecule has 0 aromatic carbocycles. The Labute approximate surface area is 185 Å². The van der Waals surface area contributed by atoms with Crippen LogP contribution < -0.4 is 10.2 Å². The number of hydrogen-bond donors (Lipinski definition) is 1. The van der Waals surface area contributed by atoms with E-state index in [0.717, 1.165) is 38.0 Å². The number of aromatic nitrogens is 1. The van der Waals surface area contributed by atoms with Gasteiger partial charge in [-0.3, -0.25) is 4.99 Å². The topological polar surface area (TPSA) is 73.3 Å². The van der Waals surface area contributed by atoms with Crippen LogP contribution in [0.4, 0.5) is 10.6 Å². The quantitative estimate of drug-likeness (QED) is 0.386. The summed E-state index contributed by atoms with van der Waals surface area (Å²) in [6, 6.07) is 5.98. The lowest BCUT2D eigenvalue weighted by molar-refractivity contribution is 0.0302. The summed E-state index contributed by atoms with van der Waals surface area (Å²) in [6.45, 7) is 10.3. The fraction of sp³-hybridized carbons (Fsp3) is 0.632. The van der Waals surface area contributed by atoms with Crippen LogP contribution in [-0.2, 0) is 4.74 Å². The van der Waals surface area contributed by atoms with E-state index in [1.165, 1.54) is 0 Å². The van der Waals surface area contributed by atoms with Gasteiger partial charge in [0.1, 0.15) is 11.4 Å². The monoisotopic (exact) mass is 504 g/mol. The molecule has 1 saturated heterocycles. The number of aliphatic imine (C=N–C) groups is 1. The molecule has 0 radical (unpaired) electrons. The molecule has 28 heavy (non-hydrogen) atoms. The van der Waals surface area contributed by atoms with E-state index in [1.807, 2.05) is 45.2 Å². The van der Waals surface area contributed by atoms with Crippen molar-refractivity contribution in [1.82, 2.24) is 20.1 Å². The molecule has 0 atom stereocenters. The maximum absolute atomic E-state index is 12.0. The van der Waals surface area contributed by atoms with Crippen LogP contribution in [-0.4, -0.2) is 85.8 Å². The van der Waals surface area contributed by atoms with Gasteiger partial charge >= 0.3 is 6.09 Å². The fourth-order valence-electron chi connectivity index (χ4n) is 2.79. The van der Waals surface area contributed by atoms with Crippen LogP contribution in [0.15, 0.2) is 29.4 Å². The van der Waals surface area contributed by atoms with Crippen LogP contribution in [0.2, 0.25) is 0 Å². The molecule has 0 aliphatic carbocycles. The summed E-state index contributed by atoms with van der Waals surface area (Å²) < 4.78 is 5.36. The molecule has 2 rings (SSSR count). The number of amides is 1. The van der Waals surface area contributed by atoms with Crippen molar-refractivity contribution in [1.29, 1.82) is 0 Å². The third-order valence-electron chi connectivity index (χ3n) is 4.20. The van der Waals surface area contributed by atoms with Crippen molar-refractivity contribution in [2.75, 3.05) is 58.3 Å². The molecule has 1 N–H and O–H groups in total. The van der Waals surface area contributed by atoms with Crippen LogP contribution in [0, 0.1) is 0 Å². The van der Waals surface area contributed by atoms with Gasteiger partial charge in [-0.15, -0.1) is 24.0 Å².